The van der Waals surface area contributed by atoms with Crippen molar-refractivity contribution in [2.24, 2.45) is 5.92 Å². The molecule has 0 radical (unpaired) electrons. The van der Waals surface area contributed by atoms with Crippen LogP contribution in [0.15, 0.2) is 0 Å². The van der Waals surface area contributed by atoms with Crippen molar-refractivity contribution in [3.8, 4) is 0 Å². The third-order valence-electron chi connectivity index (χ3n) is 17.4. The van der Waals surface area contributed by atoms with E-state index in [2.05, 4.69) is 47.9 Å². The summed E-state index contributed by atoms with van der Waals surface area (Å²) in [6, 6.07) is -5.73. The number of carbonyl (C=O) groups is 9. The van der Waals surface area contributed by atoms with E-state index in [9.17, 15) is 104 Å². The molecule has 3 fully saturated rings. The number of amides is 9. The Hall–Kier alpha value is -5.26. The number of aliphatic hydroxyl groups is 10. The van der Waals surface area contributed by atoms with E-state index in [0.29, 0.717) is 83.5 Å². The van der Waals surface area contributed by atoms with Gasteiger partial charge in [-0.1, -0.05) is 20.3 Å². The van der Waals surface area contributed by atoms with Crippen molar-refractivity contribution in [2.45, 2.75) is 273 Å². The fourth-order valence-corrected chi connectivity index (χ4v) is 12.0. The van der Waals surface area contributed by atoms with Gasteiger partial charge in [-0.25, -0.2) is 0 Å². The SMILES string of the molecule is CC(=O)NC1C(O)[C@@H](O)C(CO)O[C@H]1OCCCCC(=O)NCCCC[C@@H](NC(=O)CCCNC(=O)CCCCO[C@@H]1OC(CO)[C@H](O)C(O)C1NC(C)=O)C(=O)N[C@H](CCCCNC(=O)CCCCO[C@@H]1OC(CO)[C@H](O)C(O)C1NC(C)=O)C(=O)NCCCCC(CO)COP(=O)(O)C(C)C. The highest BCUT2D eigenvalue weighted by molar-refractivity contribution is 7.53. The number of carbonyl (C=O) groups excluding carboxylic acids is 9. The topological polar surface area (TPSA) is 566 Å². The minimum Gasteiger partial charge on any atom is -0.396 e. The van der Waals surface area contributed by atoms with Crippen molar-refractivity contribution in [1.82, 2.24) is 47.9 Å². The van der Waals surface area contributed by atoms with E-state index < -0.39 is 178 Å². The van der Waals surface area contributed by atoms with Gasteiger partial charge in [0.1, 0.15) is 85.1 Å². The van der Waals surface area contributed by atoms with Crippen LogP contribution in [0.5, 0.6) is 0 Å². The molecule has 9 amide bonds. The zero-order valence-electron chi connectivity index (χ0n) is 59.9. The minimum atomic E-state index is -3.89. The molecule has 3 heterocycles. The second kappa shape index (κ2) is 50.3. The van der Waals surface area contributed by atoms with E-state index in [-0.39, 0.29) is 122 Å². The third kappa shape index (κ3) is 34.9. The molecule has 19 atom stereocenters. The van der Waals surface area contributed by atoms with Crippen LogP contribution in [0, 0.1) is 5.92 Å². The van der Waals surface area contributed by atoms with Gasteiger partial charge < -0.3 is 137 Å². The quantitative estimate of drug-likeness (QED) is 0.0201. The first kappa shape index (κ1) is 91.9. The Morgan fingerprint density at radius 2 is 0.757 bits per heavy atom. The Morgan fingerprint density at radius 3 is 1.11 bits per heavy atom. The second-order valence-electron chi connectivity index (χ2n) is 26.4. The maximum Gasteiger partial charge on any atom is 0.330 e. The predicted molar refractivity (Wildman–Crippen MR) is 364 cm³/mol. The van der Waals surface area contributed by atoms with E-state index in [0.717, 1.165) is 0 Å². The standard InChI is InChI=1S/C65H118N9O28P/c1-38(2)103(94,95)99-37-42(33-75)19-6-12-28-69-61(92)43(20-7-13-26-66-48(82)22-9-15-30-96-63-52(70-39(3)79)58(89)55(86)45(34-76)100-63)74-62(93)44(21-8-14-27-67-49(83)23-10-16-31-97-64-53(71-40(4)80)59(90)56(87)46(35-77)101-64)73-51(85)25-18-29-68-50(84)24-11-17-32-98-65-54(72-41(5)81)60(91)57(88)47(36-78)102-65/h38,42-47,52-60,63-65,75-78,86-91H,6-37H2,1-5H3,(H,66,82)(H,67,83)(H,68,84)(H,69,92)(H,70,79)(H,71,80)(H,72,81)(H,73,85)(H,74,93)(H,94,95)/t42?,43-,44-,45?,46?,47?,52?,53?,54?,55+,56+,57+,58?,59?,60?,63-,64-,65-/m1/s1. The summed E-state index contributed by atoms with van der Waals surface area (Å²) in [6.45, 7) is 5.10. The summed E-state index contributed by atoms with van der Waals surface area (Å²) in [5.41, 5.74) is -0.645. The molecule has 103 heavy (non-hydrogen) atoms. The number of ether oxygens (including phenoxy) is 6. The van der Waals surface area contributed by atoms with Crippen LogP contribution in [0.2, 0.25) is 0 Å². The van der Waals surface area contributed by atoms with Crippen molar-refractivity contribution in [3.63, 3.8) is 0 Å². The summed E-state index contributed by atoms with van der Waals surface area (Å²) in [4.78, 5) is 126. The van der Waals surface area contributed by atoms with Crippen LogP contribution in [0.3, 0.4) is 0 Å². The molecule has 3 saturated heterocycles. The first-order valence-corrected chi connectivity index (χ1v) is 37.4. The molecule has 0 aromatic carbocycles. The van der Waals surface area contributed by atoms with Crippen molar-refractivity contribution < 1.29 is 137 Å². The molecule has 0 spiro atoms. The van der Waals surface area contributed by atoms with Crippen molar-refractivity contribution in [3.05, 3.63) is 0 Å². The van der Waals surface area contributed by atoms with Crippen LogP contribution in [-0.2, 0) is 80.7 Å². The molecule has 3 rings (SSSR count). The van der Waals surface area contributed by atoms with Gasteiger partial charge in [-0.3, -0.25) is 47.7 Å². The normalized spacial score (nSPS) is 26.3. The number of unbranched alkanes of at least 4 members (excludes halogenated alkanes) is 6. The van der Waals surface area contributed by atoms with Gasteiger partial charge in [0.2, 0.25) is 53.2 Å². The lowest BCUT2D eigenvalue weighted by Crippen LogP contribution is -2.64. The molecule has 38 heteroatoms. The Morgan fingerprint density at radius 1 is 0.417 bits per heavy atom. The second-order valence-corrected chi connectivity index (χ2v) is 28.8. The molecular formula is C65H118N9O28P. The fourth-order valence-electron chi connectivity index (χ4n) is 11.3. The van der Waals surface area contributed by atoms with E-state index in [1.807, 2.05) is 0 Å². The van der Waals surface area contributed by atoms with Gasteiger partial charge in [0.05, 0.1) is 32.1 Å². The fraction of sp³-hybridized carbons (Fsp3) is 0.862. The molecule has 0 aliphatic carbocycles. The summed E-state index contributed by atoms with van der Waals surface area (Å²) >= 11 is 0. The predicted octanol–water partition coefficient (Wildman–Crippen LogP) is -4.68. The van der Waals surface area contributed by atoms with Gasteiger partial charge >= 0.3 is 7.60 Å². The molecule has 11 unspecified atom stereocenters. The van der Waals surface area contributed by atoms with Crippen LogP contribution >= 0.6 is 7.60 Å². The van der Waals surface area contributed by atoms with E-state index in [4.69, 9.17) is 32.9 Å². The van der Waals surface area contributed by atoms with Crippen molar-refractivity contribution >= 4 is 60.8 Å². The lowest BCUT2D eigenvalue weighted by atomic mass is 9.97. The number of nitrogens with one attached hydrogen (secondary N) is 9. The lowest BCUT2D eigenvalue weighted by molar-refractivity contribution is -0.270. The Balaban J connectivity index is 1.64. The summed E-state index contributed by atoms with van der Waals surface area (Å²) in [6.07, 6.45) is -10.9. The molecule has 596 valence electrons. The lowest BCUT2D eigenvalue weighted by Gasteiger charge is -2.42. The molecule has 0 aromatic rings. The van der Waals surface area contributed by atoms with Gasteiger partial charge in [-0.2, -0.15) is 0 Å². The number of rotatable bonds is 52. The largest absolute Gasteiger partial charge is 0.396 e. The highest BCUT2D eigenvalue weighted by atomic mass is 31.2. The summed E-state index contributed by atoms with van der Waals surface area (Å²) < 4.78 is 51.5. The first-order valence-electron chi connectivity index (χ1n) is 35.8. The summed E-state index contributed by atoms with van der Waals surface area (Å²) in [7, 11) is -3.89. The van der Waals surface area contributed by atoms with Crippen LogP contribution < -0.4 is 47.9 Å². The van der Waals surface area contributed by atoms with E-state index in [1.165, 1.54) is 20.8 Å². The van der Waals surface area contributed by atoms with Crippen molar-refractivity contribution in [2.75, 3.05) is 79.0 Å². The number of hydrogen-bond donors (Lipinski definition) is 20. The average Bonchev–Trinajstić information content (AvgIpc) is 0.821. The number of hydrogen-bond acceptors (Lipinski definition) is 27. The maximum absolute atomic E-state index is 14.4. The van der Waals surface area contributed by atoms with Crippen molar-refractivity contribution in [1.29, 1.82) is 0 Å². The zero-order chi connectivity index (χ0) is 76.6. The molecule has 0 bridgehead atoms. The third-order valence-corrected chi connectivity index (χ3v) is 19.2. The molecule has 0 saturated carbocycles. The van der Waals surface area contributed by atoms with Gasteiger partial charge in [0.15, 0.2) is 18.9 Å². The Labute approximate surface area is 600 Å². The molecule has 37 nitrogen and oxygen atoms in total. The molecule has 3 aliphatic heterocycles. The number of aliphatic hydroxyl groups excluding tert-OH is 10. The highest BCUT2D eigenvalue weighted by Gasteiger charge is 2.48. The maximum atomic E-state index is 14.4. The summed E-state index contributed by atoms with van der Waals surface area (Å²) in [5.74, 6) is -4.75. The van der Waals surface area contributed by atoms with E-state index >= 15 is 0 Å². The van der Waals surface area contributed by atoms with Gasteiger partial charge in [0.25, 0.3) is 0 Å². The smallest absolute Gasteiger partial charge is 0.330 e. The molecule has 0 aromatic heterocycles. The highest BCUT2D eigenvalue weighted by Crippen LogP contribution is 2.47. The molecular weight excluding hydrogens is 1390 g/mol. The Bertz CT molecular complexity index is 2590. The Kier molecular flexibility index (Phi) is 44.9. The van der Waals surface area contributed by atoms with Gasteiger partial charge in [-0.05, 0) is 96.3 Å². The van der Waals surface area contributed by atoms with Crippen LogP contribution in [0.1, 0.15) is 163 Å². The van der Waals surface area contributed by atoms with Gasteiger partial charge in [-0.15, -0.1) is 0 Å². The molecule has 20 N–H and O–H groups in total. The monoisotopic (exact) mass is 1500 g/mol. The van der Waals surface area contributed by atoms with E-state index in [1.54, 1.807) is 13.8 Å². The van der Waals surface area contributed by atoms with Crippen LogP contribution in [0.4, 0.5) is 0 Å². The zero-order valence-corrected chi connectivity index (χ0v) is 60.8. The average molecular weight is 1500 g/mol. The van der Waals surface area contributed by atoms with Gasteiger partial charge in [0, 0.05) is 105 Å². The van der Waals surface area contributed by atoms with Crippen LogP contribution in [-0.4, -0.2) is 298 Å². The minimum absolute atomic E-state index is 0.0298. The van der Waals surface area contributed by atoms with Crippen LogP contribution in [0.25, 0.3) is 0 Å². The molecule has 3 aliphatic rings. The summed E-state index contributed by atoms with van der Waals surface area (Å²) in [5, 5.41) is 125. The first-order chi connectivity index (χ1) is 49.0.